The fourth-order valence-corrected chi connectivity index (χ4v) is 1.99. The van der Waals surface area contributed by atoms with Gasteiger partial charge in [-0.05, 0) is 18.6 Å². The van der Waals surface area contributed by atoms with Crippen molar-refractivity contribution in [3.8, 4) is 11.8 Å². The van der Waals surface area contributed by atoms with Crippen molar-refractivity contribution >= 4 is 5.69 Å². The highest BCUT2D eigenvalue weighted by atomic mass is 16.5. The monoisotopic (exact) mass is 216 g/mol. The highest BCUT2D eigenvalue weighted by Gasteiger charge is 2.23. The number of nitrogens with zero attached hydrogens (tertiary/aromatic N) is 2. The number of fused-ring (bicyclic) bond motifs is 1. The second kappa shape index (κ2) is 4.89. The van der Waals surface area contributed by atoms with Crippen LogP contribution in [0.3, 0.4) is 0 Å². The highest BCUT2D eigenvalue weighted by Crippen LogP contribution is 2.33. The minimum Gasteiger partial charge on any atom is -0.486 e. The summed E-state index contributed by atoms with van der Waals surface area (Å²) in [6.07, 6.45) is 1.80. The van der Waals surface area contributed by atoms with Crippen LogP contribution in [0.1, 0.15) is 19.8 Å². The second-order valence-electron chi connectivity index (χ2n) is 3.97. The summed E-state index contributed by atoms with van der Waals surface area (Å²) < 4.78 is 5.87. The van der Waals surface area contributed by atoms with E-state index >= 15 is 0 Å². The number of ether oxygens (including phenoxy) is 1. The molecule has 0 bridgehead atoms. The highest BCUT2D eigenvalue weighted by molar-refractivity contribution is 5.60. The number of nitriles is 1. The summed E-state index contributed by atoms with van der Waals surface area (Å²) in [6.45, 7) is 3.80. The number of anilines is 1. The van der Waals surface area contributed by atoms with E-state index in [4.69, 9.17) is 10.00 Å². The Bertz CT molecular complexity index is 397. The summed E-state index contributed by atoms with van der Waals surface area (Å²) >= 11 is 0. The first-order valence-electron chi connectivity index (χ1n) is 5.72. The lowest BCUT2D eigenvalue weighted by Gasteiger charge is -2.35. The SMILES string of the molecule is CCC1CN(CCC#N)c2ccccc2O1. The van der Waals surface area contributed by atoms with Gasteiger partial charge in [0.1, 0.15) is 11.9 Å². The van der Waals surface area contributed by atoms with E-state index in [1.807, 2.05) is 18.2 Å². The van der Waals surface area contributed by atoms with Crippen LogP contribution in [0.25, 0.3) is 0 Å². The van der Waals surface area contributed by atoms with Gasteiger partial charge in [0.2, 0.25) is 0 Å². The summed E-state index contributed by atoms with van der Waals surface area (Å²) in [5.41, 5.74) is 1.11. The summed E-state index contributed by atoms with van der Waals surface area (Å²) in [5, 5.41) is 8.66. The van der Waals surface area contributed by atoms with Gasteiger partial charge < -0.3 is 9.64 Å². The average molecular weight is 216 g/mol. The first-order valence-corrected chi connectivity index (χ1v) is 5.72. The minimum atomic E-state index is 0.244. The van der Waals surface area contributed by atoms with Crippen LogP contribution in [-0.4, -0.2) is 19.2 Å². The van der Waals surface area contributed by atoms with Crippen molar-refractivity contribution in [2.45, 2.75) is 25.9 Å². The van der Waals surface area contributed by atoms with Crippen LogP contribution < -0.4 is 9.64 Å². The van der Waals surface area contributed by atoms with E-state index < -0.39 is 0 Å². The Labute approximate surface area is 96.2 Å². The number of hydrogen-bond donors (Lipinski definition) is 0. The molecule has 0 spiro atoms. The third kappa shape index (κ3) is 2.11. The molecule has 1 atom stereocenters. The molecule has 0 fully saturated rings. The standard InChI is InChI=1S/C13H16N2O/c1-2-11-10-15(9-5-8-14)12-6-3-4-7-13(12)16-11/h3-4,6-7,11H,2,5,9-10H2,1H3. The minimum absolute atomic E-state index is 0.244. The molecule has 1 unspecified atom stereocenters. The lowest BCUT2D eigenvalue weighted by Crippen LogP contribution is -2.40. The molecule has 1 aliphatic heterocycles. The Morgan fingerprint density at radius 3 is 3.06 bits per heavy atom. The fourth-order valence-electron chi connectivity index (χ4n) is 1.99. The van der Waals surface area contributed by atoms with Crippen LogP contribution in [0.15, 0.2) is 24.3 Å². The molecule has 1 aliphatic rings. The quantitative estimate of drug-likeness (QED) is 0.779. The van der Waals surface area contributed by atoms with Crippen LogP contribution in [-0.2, 0) is 0 Å². The zero-order chi connectivity index (χ0) is 11.4. The molecule has 0 N–H and O–H groups in total. The topological polar surface area (TPSA) is 36.3 Å². The van der Waals surface area contributed by atoms with E-state index in [2.05, 4.69) is 24.0 Å². The zero-order valence-electron chi connectivity index (χ0n) is 9.52. The second-order valence-corrected chi connectivity index (χ2v) is 3.97. The Morgan fingerprint density at radius 2 is 2.31 bits per heavy atom. The zero-order valence-corrected chi connectivity index (χ0v) is 9.52. The van der Waals surface area contributed by atoms with E-state index in [0.717, 1.165) is 30.9 Å². The molecule has 2 rings (SSSR count). The van der Waals surface area contributed by atoms with E-state index in [-0.39, 0.29) is 6.10 Å². The molecule has 0 amide bonds. The molecule has 16 heavy (non-hydrogen) atoms. The summed E-state index contributed by atoms with van der Waals surface area (Å²) in [7, 11) is 0. The van der Waals surface area contributed by atoms with Crippen molar-refractivity contribution in [2.75, 3.05) is 18.0 Å². The molecule has 1 heterocycles. The number of benzene rings is 1. The normalized spacial score (nSPS) is 18.5. The van der Waals surface area contributed by atoms with Crippen LogP contribution in [0.2, 0.25) is 0 Å². The van der Waals surface area contributed by atoms with E-state index in [1.54, 1.807) is 0 Å². The first kappa shape index (κ1) is 10.8. The smallest absolute Gasteiger partial charge is 0.143 e. The Morgan fingerprint density at radius 1 is 1.50 bits per heavy atom. The van der Waals surface area contributed by atoms with E-state index in [0.29, 0.717) is 6.42 Å². The maximum Gasteiger partial charge on any atom is 0.143 e. The molecule has 84 valence electrons. The maximum atomic E-state index is 8.66. The molecule has 0 aromatic heterocycles. The van der Waals surface area contributed by atoms with E-state index in [9.17, 15) is 0 Å². The fraction of sp³-hybridized carbons (Fsp3) is 0.462. The molecular formula is C13H16N2O. The van der Waals surface area contributed by atoms with Gasteiger partial charge in [0.25, 0.3) is 0 Å². The van der Waals surface area contributed by atoms with Crippen molar-refractivity contribution in [1.82, 2.24) is 0 Å². The number of para-hydroxylation sites is 2. The van der Waals surface area contributed by atoms with E-state index in [1.165, 1.54) is 0 Å². The van der Waals surface area contributed by atoms with Gasteiger partial charge in [-0.25, -0.2) is 0 Å². The van der Waals surface area contributed by atoms with Crippen LogP contribution in [0.4, 0.5) is 5.69 Å². The number of rotatable bonds is 3. The summed E-state index contributed by atoms with van der Waals surface area (Å²) in [6, 6.07) is 10.2. The Kier molecular flexibility index (Phi) is 3.31. The van der Waals surface area contributed by atoms with Crippen molar-refractivity contribution < 1.29 is 4.74 Å². The largest absolute Gasteiger partial charge is 0.486 e. The molecule has 3 heteroatoms. The van der Waals surface area contributed by atoms with Gasteiger partial charge in [-0.15, -0.1) is 0 Å². The molecule has 0 radical (unpaired) electrons. The molecule has 1 aromatic carbocycles. The average Bonchev–Trinajstić information content (AvgIpc) is 2.35. The lowest BCUT2D eigenvalue weighted by atomic mass is 10.1. The van der Waals surface area contributed by atoms with Crippen molar-refractivity contribution in [3.05, 3.63) is 24.3 Å². The maximum absolute atomic E-state index is 8.66. The van der Waals surface area contributed by atoms with Crippen LogP contribution in [0.5, 0.6) is 5.75 Å². The van der Waals surface area contributed by atoms with Crippen LogP contribution >= 0.6 is 0 Å². The Balaban J connectivity index is 2.21. The van der Waals surface area contributed by atoms with Gasteiger partial charge in [0.05, 0.1) is 24.7 Å². The molecule has 3 nitrogen and oxygen atoms in total. The molecule has 0 saturated carbocycles. The molecule has 1 aromatic rings. The summed E-state index contributed by atoms with van der Waals surface area (Å²) in [5.74, 6) is 0.943. The predicted octanol–water partition coefficient (Wildman–Crippen LogP) is 2.58. The molecule has 0 saturated heterocycles. The molecule has 0 aliphatic carbocycles. The van der Waals surface area contributed by atoms with Crippen molar-refractivity contribution in [2.24, 2.45) is 0 Å². The summed E-state index contributed by atoms with van der Waals surface area (Å²) in [4.78, 5) is 2.25. The van der Waals surface area contributed by atoms with Gasteiger partial charge in [-0.2, -0.15) is 5.26 Å². The molecular weight excluding hydrogens is 200 g/mol. The third-order valence-electron chi connectivity index (χ3n) is 2.87. The van der Waals surface area contributed by atoms with Gasteiger partial charge in [-0.3, -0.25) is 0 Å². The van der Waals surface area contributed by atoms with Gasteiger partial charge in [-0.1, -0.05) is 19.1 Å². The van der Waals surface area contributed by atoms with Crippen LogP contribution in [0, 0.1) is 11.3 Å². The van der Waals surface area contributed by atoms with Gasteiger partial charge >= 0.3 is 0 Å². The third-order valence-corrected chi connectivity index (χ3v) is 2.87. The van der Waals surface area contributed by atoms with Crippen molar-refractivity contribution in [3.63, 3.8) is 0 Å². The van der Waals surface area contributed by atoms with Gasteiger partial charge in [0.15, 0.2) is 0 Å². The first-order chi connectivity index (χ1) is 7.85. The lowest BCUT2D eigenvalue weighted by molar-refractivity contribution is 0.189. The van der Waals surface area contributed by atoms with Crippen molar-refractivity contribution in [1.29, 1.82) is 5.26 Å². The number of hydrogen-bond acceptors (Lipinski definition) is 3. The predicted molar refractivity (Wildman–Crippen MR) is 63.6 cm³/mol. The van der Waals surface area contributed by atoms with Gasteiger partial charge in [0, 0.05) is 6.54 Å². The Hall–Kier alpha value is -1.69.